The van der Waals surface area contributed by atoms with Gasteiger partial charge in [-0.3, -0.25) is 9.78 Å². The van der Waals surface area contributed by atoms with E-state index in [2.05, 4.69) is 43.7 Å². The zero-order chi connectivity index (χ0) is 24.1. The highest BCUT2D eigenvalue weighted by Crippen LogP contribution is 2.34. The number of fused-ring (bicyclic) bond motifs is 1. The van der Waals surface area contributed by atoms with Gasteiger partial charge in [-0.05, 0) is 72.0 Å². The Labute approximate surface area is 212 Å². The molecule has 3 N–H and O–H groups in total. The molecule has 4 rings (SSSR count). The van der Waals surface area contributed by atoms with Crippen molar-refractivity contribution in [2.24, 2.45) is 5.92 Å². The lowest BCUT2D eigenvalue weighted by Crippen LogP contribution is -2.42. The van der Waals surface area contributed by atoms with Gasteiger partial charge in [-0.2, -0.15) is 0 Å². The van der Waals surface area contributed by atoms with Crippen molar-refractivity contribution in [1.82, 2.24) is 15.3 Å². The van der Waals surface area contributed by atoms with Crippen LogP contribution in [0.2, 0.25) is 5.02 Å². The number of rotatable bonds is 10. The number of nitrogens with one attached hydrogen (secondary N) is 2. The molecular formula is C24H28BrClN4O4. The van der Waals surface area contributed by atoms with Gasteiger partial charge in [0.05, 0.1) is 21.2 Å². The summed E-state index contributed by atoms with van der Waals surface area (Å²) in [7, 11) is 0. The van der Waals surface area contributed by atoms with Crippen LogP contribution >= 0.6 is 27.5 Å². The number of aromatic nitrogens is 2. The molecule has 34 heavy (non-hydrogen) atoms. The summed E-state index contributed by atoms with van der Waals surface area (Å²) in [5.41, 5.74) is 2.59. The average molecular weight is 552 g/mol. The minimum absolute atomic E-state index is 0.136. The second-order valence-corrected chi connectivity index (χ2v) is 10.1. The van der Waals surface area contributed by atoms with Gasteiger partial charge < -0.3 is 20.5 Å². The normalized spacial score (nSPS) is 19.9. The van der Waals surface area contributed by atoms with Crippen LogP contribution in [0.15, 0.2) is 29.0 Å². The summed E-state index contributed by atoms with van der Waals surface area (Å²) in [4.78, 5) is 32.8. The molecule has 2 aromatic rings. The number of ether oxygens (including phenoxy) is 1. The Morgan fingerprint density at radius 3 is 2.91 bits per heavy atom. The number of aliphatic carboxylic acids is 1. The maximum atomic E-state index is 12.5. The lowest BCUT2D eigenvalue weighted by atomic mass is 9.79. The molecule has 2 aliphatic rings. The number of hydrogen-bond donors (Lipinski definition) is 3. The molecule has 0 bridgehead atoms. The fourth-order valence-corrected chi connectivity index (χ4v) is 5.24. The van der Waals surface area contributed by atoms with Crippen molar-refractivity contribution in [3.8, 4) is 0 Å². The molecule has 1 saturated carbocycles. The second-order valence-electron chi connectivity index (χ2n) is 8.84. The highest BCUT2D eigenvalue weighted by Gasteiger charge is 2.30. The second kappa shape index (κ2) is 11.5. The van der Waals surface area contributed by atoms with Crippen LogP contribution < -0.4 is 10.6 Å². The number of carboxylic acids is 1. The monoisotopic (exact) mass is 550 g/mol. The van der Waals surface area contributed by atoms with Crippen molar-refractivity contribution in [1.29, 1.82) is 0 Å². The Hall–Kier alpha value is -2.23. The maximum absolute atomic E-state index is 12.5. The molecule has 2 aromatic heterocycles. The van der Waals surface area contributed by atoms with Gasteiger partial charge in [0.1, 0.15) is 11.9 Å². The van der Waals surface area contributed by atoms with Crippen LogP contribution in [-0.2, 0) is 22.4 Å². The van der Waals surface area contributed by atoms with Crippen LogP contribution in [0.3, 0.4) is 0 Å². The molecular weight excluding hydrogens is 524 g/mol. The van der Waals surface area contributed by atoms with E-state index in [-0.39, 0.29) is 29.7 Å². The number of anilines is 1. The Morgan fingerprint density at radius 2 is 2.15 bits per heavy atom. The van der Waals surface area contributed by atoms with Gasteiger partial charge in [-0.15, -0.1) is 0 Å². The SMILES string of the molecule is O=C(N[C@@H](CCOC1CC(CCc2ccc3c(n2)NCCC3)C1)C(=O)O)c1c(Cl)cncc1Br. The fraction of sp³-hybridized carbons (Fsp3) is 0.500. The van der Waals surface area contributed by atoms with E-state index in [4.69, 9.17) is 21.3 Å². The largest absolute Gasteiger partial charge is 0.480 e. The van der Waals surface area contributed by atoms with Crippen LogP contribution in [0.1, 0.15) is 53.7 Å². The smallest absolute Gasteiger partial charge is 0.326 e. The molecule has 10 heteroatoms. The third kappa shape index (κ3) is 6.25. The van der Waals surface area contributed by atoms with E-state index < -0.39 is 17.9 Å². The predicted octanol–water partition coefficient (Wildman–Crippen LogP) is 4.25. The number of halogens is 2. The average Bonchev–Trinajstić information content (AvgIpc) is 2.78. The lowest BCUT2D eigenvalue weighted by molar-refractivity contribution is -0.140. The molecule has 0 radical (unpaired) electrons. The van der Waals surface area contributed by atoms with Crippen LogP contribution in [-0.4, -0.2) is 52.2 Å². The number of carboxylic acid groups (broad SMARTS) is 1. The van der Waals surface area contributed by atoms with Crippen LogP contribution in [0.5, 0.6) is 0 Å². The van der Waals surface area contributed by atoms with Crippen molar-refractivity contribution in [3.63, 3.8) is 0 Å². The molecule has 0 unspecified atom stereocenters. The number of nitrogens with zero attached hydrogens (tertiary/aromatic N) is 2. The minimum Gasteiger partial charge on any atom is -0.480 e. The van der Waals surface area contributed by atoms with Crippen molar-refractivity contribution in [3.05, 3.63) is 50.8 Å². The number of carbonyl (C=O) groups excluding carboxylic acids is 1. The van der Waals surface area contributed by atoms with Gasteiger partial charge in [-0.1, -0.05) is 17.7 Å². The Bertz CT molecular complexity index is 1030. The maximum Gasteiger partial charge on any atom is 0.326 e. The number of pyridine rings is 2. The van der Waals surface area contributed by atoms with Crippen molar-refractivity contribution in [2.75, 3.05) is 18.5 Å². The molecule has 3 heterocycles. The molecule has 0 aromatic carbocycles. The van der Waals surface area contributed by atoms with Gasteiger partial charge in [0.25, 0.3) is 5.91 Å². The first-order chi connectivity index (χ1) is 16.4. The number of aryl methyl sites for hydroxylation is 2. The summed E-state index contributed by atoms with van der Waals surface area (Å²) >= 11 is 9.26. The lowest BCUT2D eigenvalue weighted by Gasteiger charge is -2.35. The van der Waals surface area contributed by atoms with E-state index in [1.54, 1.807) is 0 Å². The zero-order valence-corrected chi connectivity index (χ0v) is 21.1. The van der Waals surface area contributed by atoms with Crippen LogP contribution in [0.4, 0.5) is 5.82 Å². The molecule has 1 aliphatic carbocycles. The first-order valence-corrected chi connectivity index (χ1v) is 12.7. The Kier molecular flexibility index (Phi) is 8.39. The van der Waals surface area contributed by atoms with Crippen molar-refractivity contribution >= 4 is 45.2 Å². The molecule has 182 valence electrons. The molecule has 1 fully saturated rings. The summed E-state index contributed by atoms with van der Waals surface area (Å²) in [5, 5.41) is 15.6. The van der Waals surface area contributed by atoms with E-state index in [1.165, 1.54) is 18.0 Å². The molecule has 1 atom stereocenters. The highest BCUT2D eigenvalue weighted by molar-refractivity contribution is 9.10. The summed E-state index contributed by atoms with van der Waals surface area (Å²) in [6.07, 6.45) is 9.29. The quantitative estimate of drug-likeness (QED) is 0.404. The predicted molar refractivity (Wildman–Crippen MR) is 132 cm³/mol. The van der Waals surface area contributed by atoms with Gasteiger partial charge in [0, 0.05) is 37.7 Å². The molecule has 1 aliphatic heterocycles. The third-order valence-corrected chi connectivity index (χ3v) is 7.28. The highest BCUT2D eigenvalue weighted by atomic mass is 79.9. The van der Waals surface area contributed by atoms with Crippen molar-refractivity contribution in [2.45, 2.75) is 57.1 Å². The number of hydrogen-bond acceptors (Lipinski definition) is 6. The summed E-state index contributed by atoms with van der Waals surface area (Å²) in [6, 6.07) is 3.26. The zero-order valence-electron chi connectivity index (χ0n) is 18.7. The fourth-order valence-electron chi connectivity index (χ4n) is 4.37. The first kappa shape index (κ1) is 24.9. The molecule has 0 saturated heterocycles. The standard InChI is InChI=1S/C24H28BrClN4O4/c25-18-12-27-13-19(26)21(18)23(31)30-20(24(32)33)7-9-34-17-10-14(11-17)3-5-16-6-4-15-2-1-8-28-22(15)29-16/h4,6,12-14,17,20H,1-3,5,7-11H2,(H,28,29)(H,30,31)(H,32,33)/t14?,17?,20-/m0/s1. The Morgan fingerprint density at radius 1 is 1.32 bits per heavy atom. The van der Waals surface area contributed by atoms with E-state index >= 15 is 0 Å². The summed E-state index contributed by atoms with van der Waals surface area (Å²) in [6.45, 7) is 1.25. The van der Waals surface area contributed by atoms with Gasteiger partial charge in [0.2, 0.25) is 0 Å². The minimum atomic E-state index is -1.11. The first-order valence-electron chi connectivity index (χ1n) is 11.6. The molecule has 0 spiro atoms. The third-order valence-electron chi connectivity index (χ3n) is 6.40. The number of carbonyl (C=O) groups is 2. The summed E-state index contributed by atoms with van der Waals surface area (Å²) < 4.78 is 6.27. The van der Waals surface area contributed by atoms with E-state index in [9.17, 15) is 14.7 Å². The van der Waals surface area contributed by atoms with Gasteiger partial charge >= 0.3 is 5.97 Å². The van der Waals surface area contributed by atoms with E-state index in [1.807, 2.05) is 0 Å². The van der Waals surface area contributed by atoms with Gasteiger partial charge in [-0.25, -0.2) is 9.78 Å². The van der Waals surface area contributed by atoms with Crippen LogP contribution in [0, 0.1) is 5.92 Å². The molecule has 1 amide bonds. The topological polar surface area (TPSA) is 113 Å². The number of amides is 1. The summed E-state index contributed by atoms with van der Waals surface area (Å²) in [5.74, 6) is -0.0488. The van der Waals surface area contributed by atoms with Crippen LogP contribution in [0.25, 0.3) is 0 Å². The van der Waals surface area contributed by atoms with Gasteiger partial charge in [0.15, 0.2) is 0 Å². The van der Waals surface area contributed by atoms with Crippen molar-refractivity contribution < 1.29 is 19.4 Å². The van der Waals surface area contributed by atoms with E-state index in [0.29, 0.717) is 10.4 Å². The Balaban J connectivity index is 1.17. The molecule has 8 nitrogen and oxygen atoms in total. The van der Waals surface area contributed by atoms with E-state index in [0.717, 1.165) is 56.6 Å².